The van der Waals surface area contributed by atoms with Crippen LogP contribution in [0.4, 0.5) is 4.39 Å². The van der Waals surface area contributed by atoms with E-state index in [-0.39, 0.29) is 11.9 Å². The Morgan fingerprint density at radius 1 is 1.50 bits per heavy atom. The normalized spacial score (nSPS) is 12.4. The summed E-state index contributed by atoms with van der Waals surface area (Å²) in [4.78, 5) is 0. The molecule has 1 aromatic carbocycles. The van der Waals surface area contributed by atoms with Crippen LogP contribution in [0.3, 0.4) is 0 Å². The molecule has 0 saturated heterocycles. The van der Waals surface area contributed by atoms with E-state index < -0.39 is 0 Å². The highest BCUT2D eigenvalue weighted by Crippen LogP contribution is 2.19. The summed E-state index contributed by atoms with van der Waals surface area (Å²) in [6.45, 7) is 6.36. The maximum absolute atomic E-state index is 13.4. The third kappa shape index (κ3) is 2.67. The molecule has 0 aromatic heterocycles. The van der Waals surface area contributed by atoms with Gasteiger partial charge in [-0.05, 0) is 12.5 Å². The van der Waals surface area contributed by atoms with Crippen LogP contribution in [0.1, 0.15) is 24.9 Å². The van der Waals surface area contributed by atoms with E-state index in [1.54, 1.807) is 12.1 Å². The van der Waals surface area contributed by atoms with Crippen LogP contribution in [0.25, 0.3) is 0 Å². The van der Waals surface area contributed by atoms with Gasteiger partial charge >= 0.3 is 0 Å². The minimum Gasteiger partial charge on any atom is -0.306 e. The second-order valence-corrected chi connectivity index (χ2v) is 3.18. The van der Waals surface area contributed by atoms with Crippen molar-refractivity contribution in [1.29, 1.82) is 0 Å². The zero-order valence-electron chi connectivity index (χ0n) is 8.46. The Balaban J connectivity index is 2.78. The number of halogens is 1. The molecule has 1 nitrogen and oxygen atoms in total. The number of nitrogens with one attached hydrogen (secondary N) is 1. The summed E-state index contributed by atoms with van der Waals surface area (Å²) in [6, 6.07) is 6.96. The van der Waals surface area contributed by atoms with Gasteiger partial charge in [0.05, 0.1) is 0 Å². The van der Waals surface area contributed by atoms with Gasteiger partial charge in [0.25, 0.3) is 0 Å². The van der Waals surface area contributed by atoms with Gasteiger partial charge in [-0.2, -0.15) is 0 Å². The fourth-order valence-electron chi connectivity index (χ4n) is 1.46. The first-order valence-corrected chi connectivity index (χ1v) is 4.88. The summed E-state index contributed by atoms with van der Waals surface area (Å²) in [5.41, 5.74) is 0.733. The Bertz CT molecular complexity index is 296. The fourth-order valence-corrected chi connectivity index (χ4v) is 1.46. The molecule has 1 rings (SSSR count). The summed E-state index contributed by atoms with van der Waals surface area (Å²) in [7, 11) is 0. The molecule has 0 fully saturated rings. The average Bonchev–Trinajstić information content (AvgIpc) is 2.21. The SMILES string of the molecule is C=CCNC(CC)c1ccccc1F. The van der Waals surface area contributed by atoms with E-state index in [1.807, 2.05) is 19.1 Å². The van der Waals surface area contributed by atoms with E-state index in [4.69, 9.17) is 0 Å². The van der Waals surface area contributed by atoms with Crippen molar-refractivity contribution in [2.24, 2.45) is 0 Å². The number of hydrogen-bond donors (Lipinski definition) is 1. The van der Waals surface area contributed by atoms with Crippen LogP contribution in [0, 0.1) is 5.82 Å². The standard InChI is InChI=1S/C12H16FN/c1-3-9-14-12(4-2)10-7-5-6-8-11(10)13/h3,5-8,12,14H,1,4,9H2,2H3. The zero-order valence-corrected chi connectivity index (χ0v) is 8.46. The molecule has 2 heteroatoms. The van der Waals surface area contributed by atoms with E-state index in [9.17, 15) is 4.39 Å². The van der Waals surface area contributed by atoms with Crippen LogP contribution in [0.2, 0.25) is 0 Å². The fraction of sp³-hybridized carbons (Fsp3) is 0.333. The smallest absolute Gasteiger partial charge is 0.127 e. The molecule has 0 aliphatic heterocycles. The predicted molar refractivity (Wildman–Crippen MR) is 57.6 cm³/mol. The lowest BCUT2D eigenvalue weighted by atomic mass is 10.0. The van der Waals surface area contributed by atoms with Gasteiger partial charge in [-0.25, -0.2) is 4.39 Å². The van der Waals surface area contributed by atoms with Gasteiger partial charge in [0.1, 0.15) is 5.82 Å². The molecule has 0 aliphatic rings. The molecule has 0 radical (unpaired) electrons. The first-order valence-electron chi connectivity index (χ1n) is 4.88. The van der Waals surface area contributed by atoms with Crippen LogP contribution in [-0.4, -0.2) is 6.54 Å². The molecular weight excluding hydrogens is 177 g/mol. The van der Waals surface area contributed by atoms with Crippen molar-refractivity contribution >= 4 is 0 Å². The third-order valence-corrected chi connectivity index (χ3v) is 2.20. The summed E-state index contributed by atoms with van der Waals surface area (Å²) < 4.78 is 13.4. The highest BCUT2D eigenvalue weighted by molar-refractivity contribution is 5.21. The molecule has 1 aromatic rings. The summed E-state index contributed by atoms with van der Waals surface area (Å²) in [6.07, 6.45) is 2.65. The largest absolute Gasteiger partial charge is 0.306 e. The van der Waals surface area contributed by atoms with E-state index in [0.29, 0.717) is 6.54 Å². The van der Waals surface area contributed by atoms with Gasteiger partial charge in [-0.3, -0.25) is 0 Å². The van der Waals surface area contributed by atoms with Crippen molar-refractivity contribution < 1.29 is 4.39 Å². The van der Waals surface area contributed by atoms with Gasteiger partial charge in [-0.15, -0.1) is 6.58 Å². The van der Waals surface area contributed by atoms with E-state index in [0.717, 1.165) is 12.0 Å². The molecule has 0 aliphatic carbocycles. The number of hydrogen-bond acceptors (Lipinski definition) is 1. The van der Waals surface area contributed by atoms with Crippen LogP contribution in [-0.2, 0) is 0 Å². The van der Waals surface area contributed by atoms with Gasteiger partial charge in [0, 0.05) is 18.2 Å². The summed E-state index contributed by atoms with van der Waals surface area (Å²) in [5.74, 6) is -0.143. The van der Waals surface area contributed by atoms with Crippen molar-refractivity contribution in [3.63, 3.8) is 0 Å². The van der Waals surface area contributed by atoms with E-state index in [2.05, 4.69) is 11.9 Å². The van der Waals surface area contributed by atoms with Crippen LogP contribution < -0.4 is 5.32 Å². The second-order valence-electron chi connectivity index (χ2n) is 3.18. The van der Waals surface area contributed by atoms with Crippen molar-refractivity contribution in [3.05, 3.63) is 48.3 Å². The van der Waals surface area contributed by atoms with Crippen LogP contribution in [0.5, 0.6) is 0 Å². The van der Waals surface area contributed by atoms with Crippen molar-refractivity contribution in [2.45, 2.75) is 19.4 Å². The molecule has 0 heterocycles. The number of rotatable bonds is 5. The second kappa shape index (κ2) is 5.55. The molecule has 1 unspecified atom stereocenters. The molecule has 0 saturated carbocycles. The molecule has 14 heavy (non-hydrogen) atoms. The monoisotopic (exact) mass is 193 g/mol. The highest BCUT2D eigenvalue weighted by Gasteiger charge is 2.11. The molecule has 0 spiro atoms. The molecule has 76 valence electrons. The number of benzene rings is 1. The van der Waals surface area contributed by atoms with Crippen LogP contribution in [0.15, 0.2) is 36.9 Å². The highest BCUT2D eigenvalue weighted by atomic mass is 19.1. The molecular formula is C12H16FN. The summed E-state index contributed by atoms with van der Waals surface area (Å²) >= 11 is 0. The van der Waals surface area contributed by atoms with Gasteiger partial charge in [-0.1, -0.05) is 31.2 Å². The van der Waals surface area contributed by atoms with Gasteiger partial charge in [0.2, 0.25) is 0 Å². The lowest BCUT2D eigenvalue weighted by Gasteiger charge is -2.16. The summed E-state index contributed by atoms with van der Waals surface area (Å²) in [5, 5.41) is 3.22. The van der Waals surface area contributed by atoms with Crippen molar-refractivity contribution in [1.82, 2.24) is 5.32 Å². The Labute approximate surface area is 84.6 Å². The Morgan fingerprint density at radius 2 is 2.21 bits per heavy atom. The molecule has 0 amide bonds. The maximum Gasteiger partial charge on any atom is 0.127 e. The lowest BCUT2D eigenvalue weighted by molar-refractivity contribution is 0.510. The van der Waals surface area contributed by atoms with E-state index in [1.165, 1.54) is 6.07 Å². The predicted octanol–water partition coefficient (Wildman–Crippen LogP) is 3.05. The molecule has 1 atom stereocenters. The van der Waals surface area contributed by atoms with Gasteiger partial charge in [0.15, 0.2) is 0 Å². The maximum atomic E-state index is 13.4. The first-order chi connectivity index (χ1) is 6.79. The van der Waals surface area contributed by atoms with Crippen molar-refractivity contribution in [3.8, 4) is 0 Å². The quantitative estimate of drug-likeness (QED) is 0.709. The third-order valence-electron chi connectivity index (χ3n) is 2.20. The minimum absolute atomic E-state index is 0.0780. The minimum atomic E-state index is -0.143. The topological polar surface area (TPSA) is 12.0 Å². The molecule has 1 N–H and O–H groups in total. The Morgan fingerprint density at radius 3 is 2.79 bits per heavy atom. The Hall–Kier alpha value is -1.15. The first kappa shape index (κ1) is 10.9. The van der Waals surface area contributed by atoms with E-state index >= 15 is 0 Å². The lowest BCUT2D eigenvalue weighted by Crippen LogP contribution is -2.21. The zero-order chi connectivity index (χ0) is 10.4. The van der Waals surface area contributed by atoms with Gasteiger partial charge < -0.3 is 5.32 Å². The molecule has 0 bridgehead atoms. The Kier molecular flexibility index (Phi) is 4.33. The average molecular weight is 193 g/mol. The van der Waals surface area contributed by atoms with Crippen LogP contribution >= 0.6 is 0 Å². The van der Waals surface area contributed by atoms with Crippen molar-refractivity contribution in [2.75, 3.05) is 6.54 Å².